The van der Waals surface area contributed by atoms with E-state index in [1.807, 2.05) is 27.7 Å². The van der Waals surface area contributed by atoms with Gasteiger partial charge in [0.15, 0.2) is 0 Å². The number of hydrogen-bond donors (Lipinski definition) is 2. The van der Waals surface area contributed by atoms with Crippen molar-refractivity contribution in [3.63, 3.8) is 0 Å². The Morgan fingerprint density at radius 3 is 2.40 bits per heavy atom. The van der Waals surface area contributed by atoms with Crippen molar-refractivity contribution in [1.82, 2.24) is 5.32 Å². The van der Waals surface area contributed by atoms with Gasteiger partial charge >= 0.3 is 0 Å². The number of nitrogens with two attached hydrogens (primary N) is 1. The van der Waals surface area contributed by atoms with Crippen molar-refractivity contribution in [2.45, 2.75) is 39.8 Å². The quantitative estimate of drug-likeness (QED) is 0.867. The van der Waals surface area contributed by atoms with Gasteiger partial charge < -0.3 is 11.1 Å². The van der Waals surface area contributed by atoms with Gasteiger partial charge in [-0.15, -0.1) is 0 Å². The minimum Gasteiger partial charge on any atom is -0.348 e. The van der Waals surface area contributed by atoms with Crippen molar-refractivity contribution in [2.24, 2.45) is 16.6 Å². The van der Waals surface area contributed by atoms with Crippen LogP contribution in [0.2, 0.25) is 0 Å². The van der Waals surface area contributed by atoms with Crippen LogP contribution in [0.5, 0.6) is 0 Å². The number of carbonyl (C=O) groups is 1. The first kappa shape index (κ1) is 15.4. The molecule has 1 aromatic rings. The Morgan fingerprint density at radius 2 is 1.85 bits per heavy atom. The molecule has 3 nitrogen and oxygen atoms in total. The van der Waals surface area contributed by atoms with E-state index in [0.717, 1.165) is 0 Å². The highest BCUT2D eigenvalue weighted by molar-refractivity contribution is 9.10. The summed E-state index contributed by atoms with van der Waals surface area (Å²) in [6.45, 7) is 8.14. The van der Waals surface area contributed by atoms with E-state index in [1.165, 1.54) is 18.2 Å². The molecule has 2 rings (SSSR count). The SMILES string of the molecule is CC1(C)C(N)C(C)(C)C1NC(=O)c1cc(F)ccc1Br. The Bertz CT molecular complexity index is 541. The second-order valence-electron chi connectivity index (χ2n) is 6.65. The third-order valence-corrected chi connectivity index (χ3v) is 5.23. The molecule has 0 radical (unpaired) electrons. The van der Waals surface area contributed by atoms with E-state index in [4.69, 9.17) is 5.73 Å². The number of halogens is 2. The van der Waals surface area contributed by atoms with Crippen LogP contribution in [0, 0.1) is 16.6 Å². The molecule has 3 N–H and O–H groups in total. The maximum atomic E-state index is 13.3. The first-order chi connectivity index (χ1) is 9.08. The fraction of sp³-hybridized carbons (Fsp3) is 0.533. The Balaban J connectivity index is 2.22. The molecule has 20 heavy (non-hydrogen) atoms. The summed E-state index contributed by atoms with van der Waals surface area (Å²) >= 11 is 3.28. The molecule has 1 amide bonds. The summed E-state index contributed by atoms with van der Waals surface area (Å²) in [4.78, 5) is 12.4. The molecule has 5 heteroatoms. The summed E-state index contributed by atoms with van der Waals surface area (Å²) in [5.74, 6) is -0.711. The molecule has 110 valence electrons. The Labute approximate surface area is 127 Å². The lowest BCUT2D eigenvalue weighted by Crippen LogP contribution is -2.76. The predicted octanol–water partition coefficient (Wildman–Crippen LogP) is 3.08. The smallest absolute Gasteiger partial charge is 0.252 e. The second-order valence-corrected chi connectivity index (χ2v) is 7.51. The highest BCUT2D eigenvalue weighted by Gasteiger charge is 2.60. The molecule has 0 aliphatic heterocycles. The van der Waals surface area contributed by atoms with Crippen molar-refractivity contribution in [3.05, 3.63) is 34.1 Å². The minimum absolute atomic E-state index is 0.0104. The van der Waals surface area contributed by atoms with Crippen LogP contribution in [0.4, 0.5) is 4.39 Å². The topological polar surface area (TPSA) is 55.1 Å². The van der Waals surface area contributed by atoms with Gasteiger partial charge in [-0.3, -0.25) is 4.79 Å². The summed E-state index contributed by atoms with van der Waals surface area (Å²) in [6, 6.07) is 4.04. The highest BCUT2D eigenvalue weighted by Crippen LogP contribution is 2.52. The number of hydrogen-bond acceptors (Lipinski definition) is 2. The average molecular weight is 343 g/mol. The van der Waals surface area contributed by atoms with E-state index >= 15 is 0 Å². The summed E-state index contributed by atoms with van der Waals surface area (Å²) in [5.41, 5.74) is 6.11. The lowest BCUT2D eigenvalue weighted by atomic mass is 9.48. The van der Waals surface area contributed by atoms with Gasteiger partial charge in [0.1, 0.15) is 5.82 Å². The molecule has 1 aliphatic rings. The van der Waals surface area contributed by atoms with Gasteiger partial charge in [0, 0.05) is 27.4 Å². The van der Waals surface area contributed by atoms with Crippen LogP contribution in [0.1, 0.15) is 38.1 Å². The minimum atomic E-state index is -0.429. The Hall–Kier alpha value is -0.940. The largest absolute Gasteiger partial charge is 0.348 e. The van der Waals surface area contributed by atoms with Crippen LogP contribution in [-0.4, -0.2) is 18.0 Å². The zero-order valence-corrected chi connectivity index (χ0v) is 13.7. The van der Waals surface area contributed by atoms with E-state index in [2.05, 4.69) is 21.2 Å². The number of amides is 1. The summed E-state index contributed by atoms with van der Waals surface area (Å²) in [6.07, 6.45) is 0. The highest BCUT2D eigenvalue weighted by atomic mass is 79.9. The molecule has 0 unspecified atom stereocenters. The molecule has 0 bridgehead atoms. The van der Waals surface area contributed by atoms with E-state index in [-0.39, 0.29) is 28.8 Å². The summed E-state index contributed by atoms with van der Waals surface area (Å²) in [7, 11) is 0. The number of benzene rings is 1. The van der Waals surface area contributed by atoms with Gasteiger partial charge in [0.2, 0.25) is 0 Å². The standard InChI is InChI=1S/C15H20BrFN2O/c1-14(2)12(18)15(3,4)13(14)19-11(20)9-7-8(17)5-6-10(9)16/h5-7,12-13H,18H2,1-4H3,(H,19,20). The summed E-state index contributed by atoms with van der Waals surface area (Å²) in [5, 5.41) is 3.00. The maximum absolute atomic E-state index is 13.3. The van der Waals surface area contributed by atoms with Crippen LogP contribution in [0.3, 0.4) is 0 Å². The first-order valence-electron chi connectivity index (χ1n) is 6.60. The second kappa shape index (κ2) is 4.81. The monoisotopic (exact) mass is 342 g/mol. The van der Waals surface area contributed by atoms with Crippen LogP contribution in [0.15, 0.2) is 22.7 Å². The number of rotatable bonds is 2. The molecule has 1 aromatic carbocycles. The predicted molar refractivity (Wildman–Crippen MR) is 80.9 cm³/mol. The van der Waals surface area contributed by atoms with Crippen LogP contribution < -0.4 is 11.1 Å². The molecular formula is C15H20BrFN2O. The van der Waals surface area contributed by atoms with Crippen LogP contribution in [-0.2, 0) is 0 Å². The summed E-state index contributed by atoms with van der Waals surface area (Å²) < 4.78 is 13.9. The normalized spacial score (nSPS) is 26.8. The van der Waals surface area contributed by atoms with Gasteiger partial charge in [-0.05, 0) is 34.1 Å². The zero-order valence-electron chi connectivity index (χ0n) is 12.1. The van der Waals surface area contributed by atoms with E-state index < -0.39 is 5.82 Å². The van der Waals surface area contributed by atoms with Crippen molar-refractivity contribution in [1.29, 1.82) is 0 Å². The lowest BCUT2D eigenvalue weighted by molar-refractivity contribution is -0.0663. The third-order valence-electron chi connectivity index (χ3n) is 4.54. The maximum Gasteiger partial charge on any atom is 0.252 e. The molecule has 0 saturated heterocycles. The fourth-order valence-corrected chi connectivity index (χ4v) is 3.86. The Morgan fingerprint density at radius 1 is 1.30 bits per heavy atom. The average Bonchev–Trinajstić information content (AvgIpc) is 2.37. The van der Waals surface area contributed by atoms with E-state index in [1.54, 1.807) is 0 Å². The van der Waals surface area contributed by atoms with Crippen LogP contribution in [0.25, 0.3) is 0 Å². The van der Waals surface area contributed by atoms with Crippen LogP contribution >= 0.6 is 15.9 Å². The molecule has 0 heterocycles. The molecule has 0 spiro atoms. The number of nitrogens with one attached hydrogen (secondary N) is 1. The lowest BCUT2D eigenvalue weighted by Gasteiger charge is -2.62. The van der Waals surface area contributed by atoms with Crippen molar-refractivity contribution >= 4 is 21.8 Å². The van der Waals surface area contributed by atoms with Gasteiger partial charge in [0.25, 0.3) is 5.91 Å². The molecule has 0 atom stereocenters. The fourth-order valence-electron chi connectivity index (χ4n) is 3.43. The van der Waals surface area contributed by atoms with E-state index in [0.29, 0.717) is 10.0 Å². The number of carbonyl (C=O) groups excluding carboxylic acids is 1. The van der Waals surface area contributed by atoms with Crippen molar-refractivity contribution in [2.75, 3.05) is 0 Å². The van der Waals surface area contributed by atoms with Crippen molar-refractivity contribution in [3.8, 4) is 0 Å². The van der Waals surface area contributed by atoms with Gasteiger partial charge in [-0.2, -0.15) is 0 Å². The van der Waals surface area contributed by atoms with Gasteiger partial charge in [-0.25, -0.2) is 4.39 Å². The third kappa shape index (κ3) is 2.27. The first-order valence-corrected chi connectivity index (χ1v) is 7.39. The zero-order chi connectivity index (χ0) is 15.3. The molecule has 1 aliphatic carbocycles. The van der Waals surface area contributed by atoms with Gasteiger partial charge in [-0.1, -0.05) is 27.7 Å². The van der Waals surface area contributed by atoms with Crippen molar-refractivity contribution < 1.29 is 9.18 Å². The molecule has 0 aromatic heterocycles. The van der Waals surface area contributed by atoms with E-state index in [9.17, 15) is 9.18 Å². The molecule has 1 saturated carbocycles. The molecule has 1 fully saturated rings. The van der Waals surface area contributed by atoms with Gasteiger partial charge in [0.05, 0.1) is 5.56 Å². The molecular weight excluding hydrogens is 323 g/mol. The Kier molecular flexibility index (Phi) is 3.71.